The van der Waals surface area contributed by atoms with E-state index in [-0.39, 0.29) is 12.0 Å². The highest BCUT2D eigenvalue weighted by molar-refractivity contribution is 5.67. The lowest BCUT2D eigenvalue weighted by Gasteiger charge is -2.37. The zero-order valence-electron chi connectivity index (χ0n) is 16.5. The average Bonchev–Trinajstić information content (AvgIpc) is 2.89. The number of halogens is 3. The summed E-state index contributed by atoms with van der Waals surface area (Å²) in [5, 5.41) is 0. The molecule has 0 saturated carbocycles. The molecule has 0 radical (unpaired) electrons. The number of aryl methyl sites for hydroxylation is 1. The van der Waals surface area contributed by atoms with Crippen LogP contribution < -0.4 is 0 Å². The zero-order valence-corrected chi connectivity index (χ0v) is 16.5. The number of rotatable bonds is 3. The van der Waals surface area contributed by atoms with Crippen LogP contribution in [0.3, 0.4) is 0 Å². The first-order chi connectivity index (χ1) is 13.3. The molecule has 0 aromatic carbocycles. The van der Waals surface area contributed by atoms with Crippen molar-refractivity contribution in [1.82, 2.24) is 19.4 Å². The Bertz CT molecular complexity index is 669. The highest BCUT2D eigenvalue weighted by Gasteiger charge is 2.36. The third-order valence-electron chi connectivity index (χ3n) is 5.84. The van der Waals surface area contributed by atoms with Crippen LogP contribution in [0.5, 0.6) is 0 Å². The number of nitrogens with zero attached hydrogens (tertiary/aromatic N) is 4. The molecule has 1 atom stereocenters. The average molecular weight is 402 g/mol. The number of alkyl halides is 3. The van der Waals surface area contributed by atoms with Gasteiger partial charge >= 0.3 is 12.3 Å². The van der Waals surface area contributed by atoms with Crippen molar-refractivity contribution in [1.29, 1.82) is 0 Å². The normalized spacial score (nSPS) is 22.9. The molecular formula is C19H29F3N4O2. The Morgan fingerprint density at radius 3 is 2.50 bits per heavy atom. The Labute approximate surface area is 163 Å². The Balaban J connectivity index is 1.54. The molecule has 3 heterocycles. The second-order valence-electron chi connectivity index (χ2n) is 7.67. The lowest BCUT2D eigenvalue weighted by atomic mass is 9.93. The van der Waals surface area contributed by atoms with Gasteiger partial charge in [0.2, 0.25) is 0 Å². The first-order valence-electron chi connectivity index (χ1n) is 10.1. The van der Waals surface area contributed by atoms with Crippen molar-refractivity contribution in [3.63, 3.8) is 0 Å². The summed E-state index contributed by atoms with van der Waals surface area (Å²) in [6, 6.07) is 0.410. The fraction of sp³-hybridized carbons (Fsp3) is 0.789. The molecule has 1 aromatic heterocycles. The van der Waals surface area contributed by atoms with E-state index in [1.54, 1.807) is 11.9 Å². The summed E-state index contributed by atoms with van der Waals surface area (Å²) in [6.07, 6.45) is 0.930. The lowest BCUT2D eigenvalue weighted by molar-refractivity contribution is -0.141. The van der Waals surface area contributed by atoms with Crippen molar-refractivity contribution in [3.05, 3.63) is 17.7 Å². The summed E-state index contributed by atoms with van der Waals surface area (Å²) in [5.41, 5.74) is -0.810. The van der Waals surface area contributed by atoms with E-state index in [2.05, 4.69) is 9.88 Å². The van der Waals surface area contributed by atoms with Gasteiger partial charge in [-0.05, 0) is 52.1 Å². The Morgan fingerprint density at radius 1 is 1.18 bits per heavy atom. The summed E-state index contributed by atoms with van der Waals surface area (Å²) in [4.78, 5) is 20.0. The van der Waals surface area contributed by atoms with E-state index >= 15 is 0 Å². The second-order valence-corrected chi connectivity index (χ2v) is 7.67. The van der Waals surface area contributed by atoms with Gasteiger partial charge in [-0.25, -0.2) is 9.78 Å². The molecular weight excluding hydrogens is 373 g/mol. The van der Waals surface area contributed by atoms with Crippen LogP contribution in [0.2, 0.25) is 0 Å². The number of carbonyl (C=O) groups excluding carboxylic acids is 1. The van der Waals surface area contributed by atoms with E-state index in [4.69, 9.17) is 4.74 Å². The topological polar surface area (TPSA) is 50.6 Å². The number of likely N-dealkylation sites (tertiary alicyclic amines) is 2. The number of amides is 1. The van der Waals surface area contributed by atoms with Crippen LogP contribution in [-0.2, 0) is 18.0 Å². The van der Waals surface area contributed by atoms with Gasteiger partial charge in [0.05, 0.1) is 6.61 Å². The predicted octanol–water partition coefficient (Wildman–Crippen LogP) is 3.63. The maximum absolute atomic E-state index is 12.9. The lowest BCUT2D eigenvalue weighted by Crippen LogP contribution is -2.42. The standard InChI is InChI=1S/C19H29F3N4O2/c1-3-28-18(27)26-9-4-5-15(8-12-26)25-10-6-14(7-11-25)17-23-16(13-24(17)2)19(20,21)22/h13-15H,3-12H2,1-2H3. The molecule has 0 spiro atoms. The van der Waals surface area contributed by atoms with E-state index in [1.807, 2.05) is 6.92 Å². The van der Waals surface area contributed by atoms with Gasteiger partial charge < -0.3 is 19.1 Å². The Hall–Kier alpha value is -1.77. The van der Waals surface area contributed by atoms with Gasteiger partial charge in [0.1, 0.15) is 5.82 Å². The Morgan fingerprint density at radius 2 is 1.89 bits per heavy atom. The van der Waals surface area contributed by atoms with Gasteiger partial charge in [-0.15, -0.1) is 0 Å². The van der Waals surface area contributed by atoms with E-state index in [1.165, 1.54) is 4.57 Å². The van der Waals surface area contributed by atoms with Gasteiger partial charge in [0, 0.05) is 38.3 Å². The van der Waals surface area contributed by atoms with Crippen LogP contribution in [-0.4, -0.2) is 64.3 Å². The number of piperidine rings is 1. The highest BCUT2D eigenvalue weighted by Crippen LogP contribution is 2.33. The minimum absolute atomic E-state index is 0.0548. The molecule has 1 amide bonds. The third-order valence-corrected chi connectivity index (χ3v) is 5.84. The summed E-state index contributed by atoms with van der Waals surface area (Å²) in [6.45, 7) is 5.31. The van der Waals surface area contributed by atoms with Crippen molar-refractivity contribution in [2.75, 3.05) is 32.8 Å². The fourth-order valence-corrected chi connectivity index (χ4v) is 4.36. The van der Waals surface area contributed by atoms with Crippen molar-refractivity contribution < 1.29 is 22.7 Å². The van der Waals surface area contributed by atoms with E-state index in [0.29, 0.717) is 25.0 Å². The highest BCUT2D eigenvalue weighted by atomic mass is 19.4. The molecule has 0 bridgehead atoms. The summed E-state index contributed by atoms with van der Waals surface area (Å²) in [7, 11) is 1.64. The number of carbonyl (C=O) groups is 1. The van der Waals surface area contributed by atoms with Gasteiger partial charge in [-0.3, -0.25) is 0 Å². The third kappa shape index (κ3) is 4.79. The molecule has 28 heavy (non-hydrogen) atoms. The monoisotopic (exact) mass is 402 g/mol. The quantitative estimate of drug-likeness (QED) is 0.775. The van der Waals surface area contributed by atoms with E-state index in [0.717, 1.165) is 57.9 Å². The van der Waals surface area contributed by atoms with Crippen LogP contribution in [0.1, 0.15) is 56.5 Å². The molecule has 0 N–H and O–H groups in total. The summed E-state index contributed by atoms with van der Waals surface area (Å²) < 4.78 is 45.3. The van der Waals surface area contributed by atoms with Gasteiger partial charge in [-0.1, -0.05) is 0 Å². The maximum atomic E-state index is 12.9. The molecule has 2 aliphatic rings. The molecule has 9 heteroatoms. The van der Waals surface area contributed by atoms with Crippen LogP contribution in [0, 0.1) is 0 Å². The molecule has 3 rings (SSSR count). The fourth-order valence-electron chi connectivity index (χ4n) is 4.36. The van der Waals surface area contributed by atoms with E-state index < -0.39 is 11.9 Å². The minimum atomic E-state index is -4.40. The molecule has 2 fully saturated rings. The van der Waals surface area contributed by atoms with Crippen LogP contribution in [0.15, 0.2) is 6.20 Å². The number of hydrogen-bond acceptors (Lipinski definition) is 4. The predicted molar refractivity (Wildman–Crippen MR) is 98.0 cm³/mol. The van der Waals surface area contributed by atoms with Gasteiger partial charge in [0.15, 0.2) is 5.69 Å². The smallest absolute Gasteiger partial charge is 0.434 e. The molecule has 2 aliphatic heterocycles. The summed E-state index contributed by atoms with van der Waals surface area (Å²) in [5.74, 6) is 0.584. The first kappa shape index (κ1) is 21.0. The van der Waals surface area contributed by atoms with Crippen LogP contribution in [0.25, 0.3) is 0 Å². The maximum Gasteiger partial charge on any atom is 0.434 e. The Kier molecular flexibility index (Phi) is 6.52. The summed E-state index contributed by atoms with van der Waals surface area (Å²) >= 11 is 0. The van der Waals surface area contributed by atoms with Crippen molar-refractivity contribution in [3.8, 4) is 0 Å². The molecule has 1 aromatic rings. The molecule has 158 valence electrons. The molecule has 0 aliphatic carbocycles. The zero-order chi connectivity index (χ0) is 20.3. The van der Waals surface area contributed by atoms with Crippen molar-refractivity contribution >= 4 is 6.09 Å². The van der Waals surface area contributed by atoms with Gasteiger partial charge in [-0.2, -0.15) is 13.2 Å². The number of hydrogen-bond donors (Lipinski definition) is 0. The van der Waals surface area contributed by atoms with Crippen LogP contribution >= 0.6 is 0 Å². The molecule has 2 saturated heterocycles. The van der Waals surface area contributed by atoms with Crippen molar-refractivity contribution in [2.24, 2.45) is 7.05 Å². The number of aromatic nitrogens is 2. The molecule has 6 nitrogen and oxygen atoms in total. The minimum Gasteiger partial charge on any atom is -0.450 e. The number of ether oxygens (including phenoxy) is 1. The van der Waals surface area contributed by atoms with Gasteiger partial charge in [0.25, 0.3) is 0 Å². The van der Waals surface area contributed by atoms with Crippen molar-refractivity contribution in [2.45, 2.75) is 57.2 Å². The van der Waals surface area contributed by atoms with E-state index in [9.17, 15) is 18.0 Å². The number of imidazole rings is 1. The van der Waals surface area contributed by atoms with Crippen LogP contribution in [0.4, 0.5) is 18.0 Å². The largest absolute Gasteiger partial charge is 0.450 e. The first-order valence-corrected chi connectivity index (χ1v) is 10.1. The molecule has 1 unspecified atom stereocenters. The second kappa shape index (κ2) is 8.71. The SMILES string of the molecule is CCOC(=O)N1CCCC(N2CCC(c3nc(C(F)(F)F)cn3C)CC2)CC1.